The van der Waals surface area contributed by atoms with Gasteiger partial charge in [-0.1, -0.05) is 39.7 Å². The van der Waals surface area contributed by atoms with Gasteiger partial charge in [0.05, 0.1) is 6.10 Å². The summed E-state index contributed by atoms with van der Waals surface area (Å²) in [6, 6.07) is 7.00. The molecule has 0 aliphatic heterocycles. The van der Waals surface area contributed by atoms with Gasteiger partial charge in [-0.15, -0.1) is 0 Å². The lowest BCUT2D eigenvalue weighted by molar-refractivity contribution is -0.0828. The van der Waals surface area contributed by atoms with E-state index in [4.69, 9.17) is 16.3 Å². The average molecular weight is 314 g/mol. The van der Waals surface area contributed by atoms with Gasteiger partial charge in [0, 0.05) is 17.3 Å². The van der Waals surface area contributed by atoms with E-state index in [0.717, 1.165) is 12.5 Å². The van der Waals surface area contributed by atoms with Crippen LogP contribution in [0.5, 0.6) is 0 Å². The van der Waals surface area contributed by atoms with Crippen LogP contribution in [0.3, 0.4) is 0 Å². The van der Waals surface area contributed by atoms with Crippen molar-refractivity contribution in [1.29, 1.82) is 0 Å². The van der Waals surface area contributed by atoms with Gasteiger partial charge in [0.15, 0.2) is 0 Å². The maximum atomic E-state index is 12.6. The lowest BCUT2D eigenvalue weighted by Gasteiger charge is -2.18. The summed E-state index contributed by atoms with van der Waals surface area (Å²) in [5, 5.41) is 1.01. The van der Waals surface area contributed by atoms with E-state index in [9.17, 15) is 8.78 Å². The van der Waals surface area contributed by atoms with Crippen molar-refractivity contribution in [3.05, 3.63) is 34.9 Å². The van der Waals surface area contributed by atoms with Gasteiger partial charge in [-0.3, -0.25) is 0 Å². The Kier molecular flexibility index (Phi) is 5.15. The minimum Gasteiger partial charge on any atom is -0.366 e. The zero-order valence-electron chi connectivity index (χ0n) is 8.72. The molecule has 0 N–H and O–H groups in total. The summed E-state index contributed by atoms with van der Waals surface area (Å²) in [4.78, 5) is 0. The summed E-state index contributed by atoms with van der Waals surface area (Å²) in [5.74, 6) is -2.82. The van der Waals surface area contributed by atoms with Crippen molar-refractivity contribution < 1.29 is 13.5 Å². The maximum Gasteiger partial charge on any atom is 0.268 e. The molecule has 1 rings (SSSR count). The van der Waals surface area contributed by atoms with Gasteiger partial charge in [-0.2, -0.15) is 0 Å². The van der Waals surface area contributed by atoms with Crippen LogP contribution in [-0.2, 0) is 4.74 Å². The van der Waals surface area contributed by atoms with Crippen LogP contribution in [0.15, 0.2) is 24.3 Å². The van der Waals surface area contributed by atoms with E-state index < -0.39 is 18.6 Å². The standard InChI is InChI=1S/C11H12BrClF2O/c1-11(14,15)7-16-10(6-12)8-3-2-4-9(13)5-8/h2-5,10H,6-7H2,1H3. The van der Waals surface area contributed by atoms with Gasteiger partial charge in [0.25, 0.3) is 5.92 Å². The van der Waals surface area contributed by atoms with E-state index >= 15 is 0 Å². The second-order valence-electron chi connectivity index (χ2n) is 3.58. The Morgan fingerprint density at radius 3 is 2.69 bits per heavy atom. The molecular formula is C11H12BrClF2O. The molecule has 5 heteroatoms. The van der Waals surface area contributed by atoms with Crippen LogP contribution in [-0.4, -0.2) is 17.9 Å². The van der Waals surface area contributed by atoms with E-state index in [0.29, 0.717) is 10.4 Å². The first-order chi connectivity index (χ1) is 7.42. The van der Waals surface area contributed by atoms with Crippen molar-refractivity contribution in [1.82, 2.24) is 0 Å². The Hall–Kier alpha value is -0.190. The molecule has 0 aromatic heterocycles. The van der Waals surface area contributed by atoms with E-state index in [2.05, 4.69) is 15.9 Å². The Morgan fingerprint density at radius 2 is 2.19 bits per heavy atom. The molecule has 0 fully saturated rings. The van der Waals surface area contributed by atoms with Crippen LogP contribution in [0.25, 0.3) is 0 Å². The van der Waals surface area contributed by atoms with Gasteiger partial charge in [-0.05, 0) is 17.7 Å². The first kappa shape index (κ1) is 13.9. The summed E-state index contributed by atoms with van der Waals surface area (Å²) >= 11 is 9.05. The quantitative estimate of drug-likeness (QED) is 0.730. The van der Waals surface area contributed by atoms with E-state index in [1.807, 2.05) is 0 Å². The van der Waals surface area contributed by atoms with Crippen molar-refractivity contribution in [3.8, 4) is 0 Å². The second kappa shape index (κ2) is 5.94. The predicted molar refractivity (Wildman–Crippen MR) is 64.6 cm³/mol. The molecule has 16 heavy (non-hydrogen) atoms. The van der Waals surface area contributed by atoms with E-state index in [1.54, 1.807) is 24.3 Å². The number of hydrogen-bond donors (Lipinski definition) is 0. The molecule has 0 heterocycles. The highest BCUT2D eigenvalue weighted by Crippen LogP contribution is 2.25. The van der Waals surface area contributed by atoms with Gasteiger partial charge in [-0.25, -0.2) is 8.78 Å². The second-order valence-corrected chi connectivity index (χ2v) is 4.66. The first-order valence-corrected chi connectivity index (χ1v) is 6.23. The lowest BCUT2D eigenvalue weighted by atomic mass is 10.1. The third-order valence-corrected chi connectivity index (χ3v) is 2.72. The predicted octanol–water partition coefficient (Wildman–Crippen LogP) is 4.45. The zero-order valence-corrected chi connectivity index (χ0v) is 11.1. The molecule has 0 saturated heterocycles. The summed E-state index contributed by atoms with van der Waals surface area (Å²) < 4.78 is 30.4. The maximum absolute atomic E-state index is 12.6. The molecule has 90 valence electrons. The van der Waals surface area contributed by atoms with E-state index in [-0.39, 0.29) is 0 Å². The molecule has 0 aliphatic carbocycles. The van der Waals surface area contributed by atoms with Crippen molar-refractivity contribution >= 4 is 27.5 Å². The molecule has 0 spiro atoms. The highest BCUT2D eigenvalue weighted by atomic mass is 79.9. The number of halogens is 4. The molecule has 1 atom stereocenters. The molecule has 0 saturated carbocycles. The Labute approximate surface area is 107 Å². The van der Waals surface area contributed by atoms with Crippen LogP contribution in [0.1, 0.15) is 18.6 Å². The summed E-state index contributed by atoms with van der Waals surface area (Å²) in [6.07, 6.45) is -0.412. The number of hydrogen-bond acceptors (Lipinski definition) is 1. The van der Waals surface area contributed by atoms with Gasteiger partial charge < -0.3 is 4.74 Å². The third kappa shape index (κ3) is 4.76. The first-order valence-electron chi connectivity index (χ1n) is 4.73. The Morgan fingerprint density at radius 1 is 1.50 bits per heavy atom. The fourth-order valence-electron chi connectivity index (χ4n) is 1.18. The molecule has 1 aromatic carbocycles. The molecular weight excluding hydrogens is 301 g/mol. The fraction of sp³-hybridized carbons (Fsp3) is 0.455. The highest BCUT2D eigenvalue weighted by Gasteiger charge is 2.24. The van der Waals surface area contributed by atoms with Gasteiger partial charge in [0.1, 0.15) is 6.61 Å². The minimum atomic E-state index is -2.82. The number of benzene rings is 1. The van der Waals surface area contributed by atoms with Crippen LogP contribution in [0.2, 0.25) is 5.02 Å². The molecule has 0 radical (unpaired) electrons. The van der Waals surface area contributed by atoms with Crippen LogP contribution >= 0.6 is 27.5 Å². The van der Waals surface area contributed by atoms with Crippen molar-refractivity contribution in [2.75, 3.05) is 11.9 Å². The Balaban J connectivity index is 2.68. The summed E-state index contributed by atoms with van der Waals surface area (Å²) in [7, 11) is 0. The van der Waals surface area contributed by atoms with E-state index in [1.165, 1.54) is 0 Å². The summed E-state index contributed by atoms with van der Waals surface area (Å²) in [6.45, 7) is 0.228. The SMILES string of the molecule is CC(F)(F)COC(CBr)c1cccc(Cl)c1. The molecule has 1 aromatic rings. The normalized spacial score (nSPS) is 13.8. The number of alkyl halides is 3. The molecule has 0 aliphatic rings. The Bertz CT molecular complexity index is 341. The van der Waals surface area contributed by atoms with Crippen molar-refractivity contribution in [3.63, 3.8) is 0 Å². The monoisotopic (exact) mass is 312 g/mol. The molecule has 1 nitrogen and oxygen atoms in total. The molecule has 1 unspecified atom stereocenters. The lowest BCUT2D eigenvalue weighted by Crippen LogP contribution is -2.21. The van der Waals surface area contributed by atoms with Gasteiger partial charge in [0.2, 0.25) is 0 Å². The van der Waals surface area contributed by atoms with Crippen LogP contribution < -0.4 is 0 Å². The summed E-state index contributed by atoms with van der Waals surface area (Å²) in [5.41, 5.74) is 0.786. The highest BCUT2D eigenvalue weighted by molar-refractivity contribution is 9.09. The number of ether oxygens (including phenoxy) is 1. The topological polar surface area (TPSA) is 9.23 Å². The molecule has 0 amide bonds. The zero-order chi connectivity index (χ0) is 12.2. The smallest absolute Gasteiger partial charge is 0.268 e. The van der Waals surface area contributed by atoms with Gasteiger partial charge >= 0.3 is 0 Å². The largest absolute Gasteiger partial charge is 0.366 e. The number of rotatable bonds is 5. The van der Waals surface area contributed by atoms with Crippen molar-refractivity contribution in [2.24, 2.45) is 0 Å². The fourth-order valence-corrected chi connectivity index (χ4v) is 1.94. The minimum absolute atomic E-state index is 0.412. The average Bonchev–Trinajstić information content (AvgIpc) is 2.17. The van der Waals surface area contributed by atoms with Crippen LogP contribution in [0, 0.1) is 0 Å². The van der Waals surface area contributed by atoms with Crippen LogP contribution in [0.4, 0.5) is 8.78 Å². The van der Waals surface area contributed by atoms with Crippen molar-refractivity contribution in [2.45, 2.75) is 19.0 Å². The molecule has 0 bridgehead atoms. The third-order valence-electron chi connectivity index (χ3n) is 1.90.